The molecule has 1 aliphatic heterocycles. The lowest BCUT2D eigenvalue weighted by atomic mass is 10.00. The molecule has 0 bridgehead atoms. The number of phenols is 1. The zero-order valence-corrected chi connectivity index (χ0v) is 19.4. The zero-order chi connectivity index (χ0) is 22.5. The molecular weight excluding hydrogens is 424 g/mol. The molecule has 0 radical (unpaired) electrons. The van der Waals surface area contributed by atoms with Gasteiger partial charge < -0.3 is 14.6 Å². The van der Waals surface area contributed by atoms with Crippen molar-refractivity contribution in [2.45, 2.75) is 26.3 Å². The largest absolute Gasteiger partial charge is 0.507 e. The van der Waals surface area contributed by atoms with Gasteiger partial charge >= 0.3 is 0 Å². The van der Waals surface area contributed by atoms with Gasteiger partial charge in [0.2, 0.25) is 0 Å². The van der Waals surface area contributed by atoms with E-state index >= 15 is 0 Å². The van der Waals surface area contributed by atoms with Crippen molar-refractivity contribution in [1.29, 1.82) is 0 Å². The number of rotatable bonds is 8. The summed E-state index contributed by atoms with van der Waals surface area (Å²) in [5, 5.41) is 17.7. The van der Waals surface area contributed by atoms with Gasteiger partial charge in [0.15, 0.2) is 10.6 Å². The Morgan fingerprint density at radius 2 is 1.91 bits per heavy atom. The minimum Gasteiger partial charge on any atom is -0.507 e. The Kier molecular flexibility index (Phi) is 7.24. The van der Waals surface area contributed by atoms with E-state index in [4.69, 9.17) is 21.7 Å². The molecule has 0 saturated carbocycles. The van der Waals surface area contributed by atoms with Crippen LogP contribution in [0.4, 0.5) is 0 Å². The lowest BCUT2D eigenvalue weighted by Crippen LogP contribution is -2.38. The van der Waals surface area contributed by atoms with E-state index in [-0.39, 0.29) is 5.75 Å². The maximum absolute atomic E-state index is 10.5. The van der Waals surface area contributed by atoms with Crippen LogP contribution < -0.4 is 4.74 Å². The number of aromatic nitrogens is 3. The molecule has 3 aromatic rings. The summed E-state index contributed by atoms with van der Waals surface area (Å²) in [6, 6.07) is 13.7. The second-order valence-electron chi connectivity index (χ2n) is 8.32. The van der Waals surface area contributed by atoms with Gasteiger partial charge in [0.05, 0.1) is 25.3 Å². The van der Waals surface area contributed by atoms with Gasteiger partial charge in [-0.3, -0.25) is 14.6 Å². The fourth-order valence-electron chi connectivity index (χ4n) is 3.75. The van der Waals surface area contributed by atoms with Crippen LogP contribution in [0, 0.1) is 4.77 Å². The molecule has 2 aromatic carbocycles. The predicted molar refractivity (Wildman–Crippen MR) is 127 cm³/mol. The number of benzene rings is 2. The molecule has 8 heteroatoms. The Hall–Kier alpha value is -2.68. The lowest BCUT2D eigenvalue weighted by molar-refractivity contribution is 0.0322. The minimum atomic E-state index is 0.189. The first kappa shape index (κ1) is 22.5. The normalized spacial score (nSPS) is 14.7. The van der Waals surface area contributed by atoms with Crippen molar-refractivity contribution < 1.29 is 14.6 Å². The maximum Gasteiger partial charge on any atom is 0.195 e. The highest BCUT2D eigenvalue weighted by molar-refractivity contribution is 7.71. The molecule has 1 aliphatic rings. The Morgan fingerprint density at radius 1 is 1.16 bits per heavy atom. The molecule has 0 amide bonds. The highest BCUT2D eigenvalue weighted by Crippen LogP contribution is 2.31. The summed E-state index contributed by atoms with van der Waals surface area (Å²) in [7, 11) is 0. The van der Waals surface area contributed by atoms with Crippen LogP contribution in [0.15, 0.2) is 42.5 Å². The fourth-order valence-corrected chi connectivity index (χ4v) is 3.95. The average Bonchev–Trinajstić information content (AvgIpc) is 3.16. The molecule has 0 spiro atoms. The van der Waals surface area contributed by atoms with Crippen molar-refractivity contribution in [1.82, 2.24) is 19.7 Å². The third-order valence-electron chi connectivity index (χ3n) is 5.73. The summed E-state index contributed by atoms with van der Waals surface area (Å²) >= 11 is 5.47. The van der Waals surface area contributed by atoms with Gasteiger partial charge in [-0.15, -0.1) is 0 Å². The van der Waals surface area contributed by atoms with E-state index in [0.717, 1.165) is 49.7 Å². The second-order valence-corrected chi connectivity index (χ2v) is 8.70. The minimum absolute atomic E-state index is 0.189. The van der Waals surface area contributed by atoms with Crippen LogP contribution >= 0.6 is 12.2 Å². The highest BCUT2D eigenvalue weighted by Gasteiger charge is 2.15. The molecule has 7 nitrogen and oxygen atoms in total. The SMILES string of the molecule is CC(C)c1ccc(O)c(-c2n[nH]c(=S)n2Cc2ccc(OCCN3CCOCC3)cc2)c1. The highest BCUT2D eigenvalue weighted by atomic mass is 32.1. The first-order valence-corrected chi connectivity index (χ1v) is 11.4. The summed E-state index contributed by atoms with van der Waals surface area (Å²) in [5.74, 6) is 2.01. The van der Waals surface area contributed by atoms with Gasteiger partial charge in [-0.2, -0.15) is 5.10 Å². The molecule has 1 aromatic heterocycles. The van der Waals surface area contributed by atoms with Crippen LogP contribution in [0.5, 0.6) is 11.5 Å². The van der Waals surface area contributed by atoms with Gasteiger partial charge in [0.1, 0.15) is 18.1 Å². The zero-order valence-electron chi connectivity index (χ0n) is 18.6. The summed E-state index contributed by atoms with van der Waals surface area (Å²) in [6.07, 6.45) is 0. The number of morpholine rings is 1. The quantitative estimate of drug-likeness (QED) is 0.497. The van der Waals surface area contributed by atoms with Crippen molar-refractivity contribution in [3.05, 3.63) is 58.4 Å². The Balaban J connectivity index is 1.44. The number of nitrogens with zero attached hydrogens (tertiary/aromatic N) is 3. The van der Waals surface area contributed by atoms with E-state index in [1.165, 1.54) is 0 Å². The second kappa shape index (κ2) is 10.3. The standard InChI is InChI=1S/C24H30N4O3S/c1-17(2)19-5-8-22(29)21(15-19)23-25-26-24(32)28(23)16-18-3-6-20(7-4-18)31-14-11-27-9-12-30-13-10-27/h3-8,15,17,29H,9-14,16H2,1-2H3,(H,26,32). The molecule has 0 unspecified atom stereocenters. The molecule has 32 heavy (non-hydrogen) atoms. The van der Waals surface area contributed by atoms with Gasteiger partial charge in [0, 0.05) is 19.6 Å². The predicted octanol–water partition coefficient (Wildman–Crippen LogP) is 4.20. The number of hydrogen-bond acceptors (Lipinski definition) is 6. The fraction of sp³-hybridized carbons (Fsp3) is 0.417. The number of hydrogen-bond donors (Lipinski definition) is 2. The topological polar surface area (TPSA) is 75.5 Å². The van der Waals surface area contributed by atoms with Crippen molar-refractivity contribution in [3.8, 4) is 22.9 Å². The summed E-state index contributed by atoms with van der Waals surface area (Å²) in [6.45, 7) is 9.87. The maximum atomic E-state index is 10.5. The van der Waals surface area contributed by atoms with Crippen molar-refractivity contribution in [3.63, 3.8) is 0 Å². The van der Waals surface area contributed by atoms with E-state index in [9.17, 15) is 5.11 Å². The van der Waals surface area contributed by atoms with E-state index in [1.807, 2.05) is 41.0 Å². The van der Waals surface area contributed by atoms with E-state index in [0.29, 0.717) is 35.2 Å². The Morgan fingerprint density at radius 3 is 2.62 bits per heavy atom. The molecule has 2 N–H and O–H groups in total. The number of H-pyrrole nitrogens is 1. The Labute approximate surface area is 193 Å². The van der Waals surface area contributed by atoms with Crippen LogP contribution in [0.1, 0.15) is 30.9 Å². The van der Waals surface area contributed by atoms with Crippen LogP contribution in [0.25, 0.3) is 11.4 Å². The lowest BCUT2D eigenvalue weighted by Gasteiger charge is -2.26. The van der Waals surface area contributed by atoms with E-state index < -0.39 is 0 Å². The van der Waals surface area contributed by atoms with Crippen LogP contribution in [-0.2, 0) is 11.3 Å². The molecule has 1 saturated heterocycles. The number of phenolic OH excluding ortho intramolecular Hbond substituents is 1. The van der Waals surface area contributed by atoms with E-state index in [1.54, 1.807) is 6.07 Å². The average molecular weight is 455 g/mol. The third-order valence-corrected chi connectivity index (χ3v) is 6.04. The first-order valence-electron chi connectivity index (χ1n) is 11.0. The van der Waals surface area contributed by atoms with Gasteiger partial charge in [-0.1, -0.05) is 32.0 Å². The molecule has 4 rings (SSSR count). The first-order chi connectivity index (χ1) is 15.5. The van der Waals surface area contributed by atoms with Crippen LogP contribution in [0.2, 0.25) is 0 Å². The van der Waals surface area contributed by atoms with Crippen molar-refractivity contribution in [2.75, 3.05) is 39.5 Å². The molecule has 1 fully saturated rings. The van der Waals surface area contributed by atoms with E-state index in [2.05, 4.69) is 28.9 Å². The number of nitrogens with one attached hydrogen (secondary N) is 1. The summed E-state index contributed by atoms with van der Waals surface area (Å²) in [4.78, 5) is 2.35. The van der Waals surface area contributed by atoms with Crippen LogP contribution in [-0.4, -0.2) is 64.2 Å². The number of aromatic hydroxyl groups is 1. The monoisotopic (exact) mass is 454 g/mol. The van der Waals surface area contributed by atoms with Crippen molar-refractivity contribution >= 4 is 12.2 Å². The van der Waals surface area contributed by atoms with Crippen molar-refractivity contribution in [2.24, 2.45) is 0 Å². The molecule has 2 heterocycles. The van der Waals surface area contributed by atoms with Gasteiger partial charge in [-0.25, -0.2) is 0 Å². The molecule has 0 atom stereocenters. The molecular formula is C24H30N4O3S. The van der Waals surface area contributed by atoms with Crippen LogP contribution in [0.3, 0.4) is 0 Å². The number of aromatic amines is 1. The number of ether oxygens (including phenoxy) is 2. The third kappa shape index (κ3) is 5.38. The molecule has 0 aliphatic carbocycles. The summed E-state index contributed by atoms with van der Waals surface area (Å²) < 4.78 is 13.7. The molecule has 170 valence electrons. The van der Waals surface area contributed by atoms with Gasteiger partial charge in [0.25, 0.3) is 0 Å². The Bertz CT molecular complexity index is 1090. The smallest absolute Gasteiger partial charge is 0.195 e. The van der Waals surface area contributed by atoms with Gasteiger partial charge in [-0.05, 0) is 53.5 Å². The summed E-state index contributed by atoms with van der Waals surface area (Å²) in [5.41, 5.74) is 2.88.